The highest BCUT2D eigenvalue weighted by molar-refractivity contribution is 5.04. The van der Waals surface area contributed by atoms with Gasteiger partial charge in [0.2, 0.25) is 0 Å². The van der Waals surface area contributed by atoms with Gasteiger partial charge in [-0.2, -0.15) is 5.10 Å². The molecule has 1 saturated carbocycles. The van der Waals surface area contributed by atoms with Crippen LogP contribution in [0.3, 0.4) is 0 Å². The largest absolute Gasteiger partial charge is 0.326 e. The molecule has 2 fully saturated rings. The number of nitrogens with two attached hydrogens (primary N) is 1. The van der Waals surface area contributed by atoms with Crippen molar-refractivity contribution in [3.05, 3.63) is 18.0 Å². The summed E-state index contributed by atoms with van der Waals surface area (Å²) in [5.74, 6) is 0.896. The zero-order valence-corrected chi connectivity index (χ0v) is 9.68. The molecule has 88 valence electrons. The Hall–Kier alpha value is -0.870. The van der Waals surface area contributed by atoms with Crippen molar-refractivity contribution < 1.29 is 0 Å². The molecule has 0 radical (unpaired) electrons. The molecule has 1 aliphatic heterocycles. The van der Waals surface area contributed by atoms with Crippen molar-refractivity contribution in [3.8, 4) is 0 Å². The van der Waals surface area contributed by atoms with Crippen molar-refractivity contribution in [3.63, 3.8) is 0 Å². The molecule has 2 N–H and O–H groups in total. The second-order valence-electron chi connectivity index (χ2n) is 5.30. The number of hydrogen-bond donors (Lipinski definition) is 1. The van der Waals surface area contributed by atoms with Crippen LogP contribution in [0.1, 0.15) is 24.8 Å². The highest BCUT2D eigenvalue weighted by Crippen LogP contribution is 2.30. The maximum atomic E-state index is 5.90. The summed E-state index contributed by atoms with van der Waals surface area (Å²) in [6.07, 6.45) is 8.11. The fourth-order valence-corrected chi connectivity index (χ4v) is 2.42. The van der Waals surface area contributed by atoms with Gasteiger partial charge in [0.05, 0.1) is 6.20 Å². The van der Waals surface area contributed by atoms with Crippen molar-refractivity contribution in [1.29, 1.82) is 0 Å². The van der Waals surface area contributed by atoms with Crippen LogP contribution in [0.25, 0.3) is 0 Å². The fourth-order valence-electron chi connectivity index (χ4n) is 2.42. The first-order chi connectivity index (χ1) is 7.79. The van der Waals surface area contributed by atoms with Gasteiger partial charge in [0.15, 0.2) is 0 Å². The van der Waals surface area contributed by atoms with Gasteiger partial charge in [-0.15, -0.1) is 0 Å². The number of likely N-dealkylation sites (tertiary alicyclic amines) is 1. The Bertz CT molecular complexity index is 356. The normalized spacial score (nSPS) is 26.4. The number of aromatic nitrogens is 2. The van der Waals surface area contributed by atoms with Gasteiger partial charge in [0, 0.05) is 44.0 Å². The van der Waals surface area contributed by atoms with Crippen LogP contribution in [-0.2, 0) is 13.1 Å². The Labute approximate surface area is 96.4 Å². The first-order valence-electron chi connectivity index (χ1n) is 6.29. The molecular weight excluding hydrogens is 200 g/mol. The first-order valence-corrected chi connectivity index (χ1v) is 6.29. The summed E-state index contributed by atoms with van der Waals surface area (Å²) in [5, 5.41) is 4.42. The lowest BCUT2D eigenvalue weighted by Crippen LogP contribution is -2.26. The zero-order valence-electron chi connectivity index (χ0n) is 9.68. The molecule has 16 heavy (non-hydrogen) atoms. The quantitative estimate of drug-likeness (QED) is 0.817. The highest BCUT2D eigenvalue weighted by atomic mass is 15.3. The average Bonchev–Trinajstić information content (AvgIpc) is 2.80. The Morgan fingerprint density at radius 2 is 2.25 bits per heavy atom. The summed E-state index contributed by atoms with van der Waals surface area (Å²) in [7, 11) is 0. The molecule has 0 amide bonds. The molecule has 1 saturated heterocycles. The fraction of sp³-hybridized carbons (Fsp3) is 0.750. The Balaban J connectivity index is 1.55. The van der Waals surface area contributed by atoms with E-state index in [1.54, 1.807) is 0 Å². The van der Waals surface area contributed by atoms with E-state index in [0.29, 0.717) is 6.04 Å². The number of hydrogen-bond acceptors (Lipinski definition) is 3. The maximum absolute atomic E-state index is 5.90. The van der Waals surface area contributed by atoms with Gasteiger partial charge in [-0.1, -0.05) is 0 Å². The third kappa shape index (κ3) is 2.44. The van der Waals surface area contributed by atoms with E-state index < -0.39 is 0 Å². The van der Waals surface area contributed by atoms with Crippen molar-refractivity contribution in [2.24, 2.45) is 11.7 Å². The van der Waals surface area contributed by atoms with E-state index in [1.807, 2.05) is 6.20 Å². The Kier molecular flexibility index (Phi) is 2.69. The van der Waals surface area contributed by atoms with Crippen LogP contribution < -0.4 is 5.73 Å². The van der Waals surface area contributed by atoms with E-state index in [-0.39, 0.29) is 0 Å². The van der Waals surface area contributed by atoms with Crippen LogP contribution in [0.5, 0.6) is 0 Å². The van der Waals surface area contributed by atoms with E-state index in [2.05, 4.69) is 20.9 Å². The Morgan fingerprint density at radius 1 is 1.38 bits per heavy atom. The van der Waals surface area contributed by atoms with Crippen LogP contribution in [0, 0.1) is 5.92 Å². The number of rotatable bonds is 4. The minimum atomic E-state index is 0.376. The van der Waals surface area contributed by atoms with Crippen LogP contribution in [-0.4, -0.2) is 33.8 Å². The van der Waals surface area contributed by atoms with Gasteiger partial charge >= 0.3 is 0 Å². The minimum Gasteiger partial charge on any atom is -0.326 e. The SMILES string of the molecule is N[C@H]1CCN(Cc2cnn(CC3CC3)c2)C1. The van der Waals surface area contributed by atoms with Crippen LogP contribution >= 0.6 is 0 Å². The molecule has 3 rings (SSSR count). The molecule has 0 aromatic carbocycles. The second-order valence-corrected chi connectivity index (χ2v) is 5.30. The predicted octanol–water partition coefficient (Wildman–Crippen LogP) is 0.826. The highest BCUT2D eigenvalue weighted by Gasteiger charge is 2.22. The molecule has 1 atom stereocenters. The lowest BCUT2D eigenvalue weighted by atomic mass is 10.3. The molecule has 0 unspecified atom stereocenters. The summed E-state index contributed by atoms with van der Waals surface area (Å²) >= 11 is 0. The predicted molar refractivity (Wildman–Crippen MR) is 62.8 cm³/mol. The van der Waals surface area contributed by atoms with Crippen molar-refractivity contribution >= 4 is 0 Å². The van der Waals surface area contributed by atoms with Gasteiger partial charge in [-0.05, 0) is 25.2 Å². The standard InChI is InChI=1S/C12H20N4/c13-12-3-4-15(9-12)6-11-5-14-16(8-11)7-10-1-2-10/h5,8,10,12H,1-4,6-7,9,13H2/t12-/m0/s1. The third-order valence-corrected chi connectivity index (χ3v) is 3.54. The van der Waals surface area contributed by atoms with Crippen LogP contribution in [0.4, 0.5) is 0 Å². The summed E-state index contributed by atoms with van der Waals surface area (Å²) in [6, 6.07) is 0.376. The molecule has 0 bridgehead atoms. The van der Waals surface area contributed by atoms with Crippen LogP contribution in [0.15, 0.2) is 12.4 Å². The van der Waals surface area contributed by atoms with Gasteiger partial charge in [-0.25, -0.2) is 0 Å². The molecular formula is C12H20N4. The van der Waals surface area contributed by atoms with Gasteiger partial charge < -0.3 is 5.73 Å². The van der Waals surface area contributed by atoms with Crippen molar-refractivity contribution in [1.82, 2.24) is 14.7 Å². The third-order valence-electron chi connectivity index (χ3n) is 3.54. The molecule has 1 aromatic heterocycles. The topological polar surface area (TPSA) is 47.1 Å². The molecule has 1 aliphatic carbocycles. The molecule has 1 aromatic rings. The summed E-state index contributed by atoms with van der Waals surface area (Å²) < 4.78 is 2.10. The van der Waals surface area contributed by atoms with Gasteiger partial charge in [0.1, 0.15) is 0 Å². The van der Waals surface area contributed by atoms with E-state index in [4.69, 9.17) is 5.73 Å². The molecule has 4 nitrogen and oxygen atoms in total. The second kappa shape index (κ2) is 4.18. The number of nitrogens with zero attached hydrogens (tertiary/aromatic N) is 3. The monoisotopic (exact) mass is 220 g/mol. The first kappa shape index (κ1) is 10.3. The molecule has 4 heteroatoms. The lowest BCUT2D eigenvalue weighted by Gasteiger charge is -2.13. The van der Waals surface area contributed by atoms with Gasteiger partial charge in [-0.3, -0.25) is 9.58 Å². The average molecular weight is 220 g/mol. The summed E-state index contributed by atoms with van der Waals surface area (Å²) in [5.41, 5.74) is 7.22. The van der Waals surface area contributed by atoms with Crippen molar-refractivity contribution in [2.75, 3.05) is 13.1 Å². The van der Waals surface area contributed by atoms with E-state index in [1.165, 1.54) is 18.4 Å². The minimum absolute atomic E-state index is 0.376. The Morgan fingerprint density at radius 3 is 2.94 bits per heavy atom. The molecule has 2 heterocycles. The van der Waals surface area contributed by atoms with Crippen LogP contribution in [0.2, 0.25) is 0 Å². The zero-order chi connectivity index (χ0) is 11.0. The summed E-state index contributed by atoms with van der Waals surface area (Å²) in [4.78, 5) is 2.42. The van der Waals surface area contributed by atoms with E-state index >= 15 is 0 Å². The maximum Gasteiger partial charge on any atom is 0.0534 e. The lowest BCUT2D eigenvalue weighted by molar-refractivity contribution is 0.326. The smallest absolute Gasteiger partial charge is 0.0534 e. The van der Waals surface area contributed by atoms with E-state index in [0.717, 1.165) is 38.5 Å². The summed E-state index contributed by atoms with van der Waals surface area (Å²) in [6.45, 7) is 4.29. The molecule has 2 aliphatic rings. The van der Waals surface area contributed by atoms with Crippen molar-refractivity contribution in [2.45, 2.75) is 38.4 Å². The van der Waals surface area contributed by atoms with E-state index in [9.17, 15) is 0 Å². The molecule has 0 spiro atoms. The van der Waals surface area contributed by atoms with Gasteiger partial charge in [0.25, 0.3) is 0 Å².